The molecule has 1 aromatic heterocycles. The summed E-state index contributed by atoms with van der Waals surface area (Å²) in [5.74, 6) is 0.540. The lowest BCUT2D eigenvalue weighted by molar-refractivity contribution is -0.138. The minimum atomic E-state index is -1.00. The fourth-order valence-corrected chi connectivity index (χ4v) is 3.07. The smallest absolute Gasteiger partial charge is 0.330 e. The predicted octanol–water partition coefficient (Wildman–Crippen LogP) is 4.66. The van der Waals surface area contributed by atoms with Crippen LogP contribution < -0.4 is 20.5 Å². The molecule has 3 aromatic rings. The third kappa shape index (κ3) is 5.24. The Bertz CT molecular complexity index is 1030. The lowest BCUT2D eigenvalue weighted by Gasteiger charge is -2.20. The first-order valence-corrected chi connectivity index (χ1v) is 9.46. The van der Waals surface area contributed by atoms with Crippen LogP contribution in [0.2, 0.25) is 0 Å². The standard InChI is InChI=1S/C22H25N3O4.ClH/c1-4-28-19-12-15(5-8-18(19)29-13(2)3)20(22(26)27)25-16-6-7-17-14(11-16)9-10-24-21(17)23;/h5-13,20,25H,4H2,1-3H3,(H2,23,24)(H,26,27);1H. The molecule has 1 heterocycles. The first kappa shape index (κ1) is 23.1. The minimum Gasteiger partial charge on any atom is -0.490 e. The number of hydrogen-bond donors (Lipinski definition) is 3. The zero-order chi connectivity index (χ0) is 21.0. The molecular weight excluding hydrogens is 406 g/mol. The molecule has 1 unspecified atom stereocenters. The summed E-state index contributed by atoms with van der Waals surface area (Å²) in [6.45, 7) is 6.16. The van der Waals surface area contributed by atoms with Gasteiger partial charge in [0.2, 0.25) is 0 Å². The number of nitrogens with two attached hydrogens (primary N) is 1. The normalized spacial score (nSPS) is 11.6. The van der Waals surface area contributed by atoms with Gasteiger partial charge in [0.05, 0.1) is 12.7 Å². The fourth-order valence-electron chi connectivity index (χ4n) is 3.07. The number of pyridine rings is 1. The van der Waals surface area contributed by atoms with Crippen molar-refractivity contribution in [3.63, 3.8) is 0 Å². The van der Waals surface area contributed by atoms with E-state index in [9.17, 15) is 9.90 Å². The third-order valence-electron chi connectivity index (χ3n) is 4.32. The van der Waals surface area contributed by atoms with Crippen molar-refractivity contribution in [3.8, 4) is 11.5 Å². The van der Waals surface area contributed by atoms with Crippen molar-refractivity contribution in [2.24, 2.45) is 0 Å². The molecule has 0 amide bonds. The van der Waals surface area contributed by atoms with Crippen LogP contribution in [0.4, 0.5) is 11.5 Å². The Labute approximate surface area is 181 Å². The van der Waals surface area contributed by atoms with Gasteiger partial charge in [-0.2, -0.15) is 0 Å². The van der Waals surface area contributed by atoms with E-state index in [0.717, 1.165) is 10.8 Å². The second-order valence-electron chi connectivity index (χ2n) is 6.85. The molecule has 0 aliphatic heterocycles. The summed E-state index contributed by atoms with van der Waals surface area (Å²) in [5, 5.41) is 14.6. The monoisotopic (exact) mass is 431 g/mol. The summed E-state index contributed by atoms with van der Waals surface area (Å²) >= 11 is 0. The molecule has 0 fully saturated rings. The number of nitrogen functional groups attached to an aromatic ring is 1. The third-order valence-corrected chi connectivity index (χ3v) is 4.32. The first-order chi connectivity index (χ1) is 13.9. The molecule has 0 saturated heterocycles. The van der Waals surface area contributed by atoms with Gasteiger partial charge >= 0.3 is 5.97 Å². The van der Waals surface area contributed by atoms with E-state index in [4.69, 9.17) is 15.2 Å². The second-order valence-corrected chi connectivity index (χ2v) is 6.85. The van der Waals surface area contributed by atoms with Crippen LogP contribution in [0.5, 0.6) is 11.5 Å². The van der Waals surface area contributed by atoms with E-state index in [1.165, 1.54) is 0 Å². The molecule has 7 nitrogen and oxygen atoms in total. The summed E-state index contributed by atoms with van der Waals surface area (Å²) in [4.78, 5) is 16.1. The molecule has 4 N–H and O–H groups in total. The van der Waals surface area contributed by atoms with Gasteiger partial charge in [0.25, 0.3) is 0 Å². The predicted molar refractivity (Wildman–Crippen MR) is 121 cm³/mol. The molecular formula is C22H26ClN3O4. The van der Waals surface area contributed by atoms with Crippen molar-refractivity contribution in [1.82, 2.24) is 4.98 Å². The number of carboxylic acids is 1. The molecule has 1 atom stereocenters. The largest absolute Gasteiger partial charge is 0.490 e. The fraction of sp³-hybridized carbons (Fsp3) is 0.273. The molecule has 2 aromatic carbocycles. The van der Waals surface area contributed by atoms with E-state index in [2.05, 4.69) is 10.3 Å². The molecule has 0 aliphatic rings. The average molecular weight is 432 g/mol. The topological polar surface area (TPSA) is 107 Å². The quantitative estimate of drug-likeness (QED) is 0.476. The van der Waals surface area contributed by atoms with Crippen LogP contribution in [-0.4, -0.2) is 28.8 Å². The number of benzene rings is 2. The van der Waals surface area contributed by atoms with Gasteiger partial charge in [0, 0.05) is 17.3 Å². The van der Waals surface area contributed by atoms with Crippen molar-refractivity contribution >= 4 is 40.7 Å². The van der Waals surface area contributed by atoms with Crippen molar-refractivity contribution in [2.45, 2.75) is 32.9 Å². The highest BCUT2D eigenvalue weighted by Gasteiger charge is 2.22. The van der Waals surface area contributed by atoms with E-state index in [1.54, 1.807) is 30.5 Å². The van der Waals surface area contributed by atoms with Crippen LogP contribution in [0, 0.1) is 0 Å². The zero-order valence-corrected chi connectivity index (χ0v) is 17.9. The van der Waals surface area contributed by atoms with Gasteiger partial charge in [0.1, 0.15) is 5.82 Å². The Kier molecular flexibility index (Phi) is 7.72. The maximum absolute atomic E-state index is 12.0. The number of aliphatic carboxylic acids is 1. The number of anilines is 2. The van der Waals surface area contributed by atoms with E-state index in [-0.39, 0.29) is 18.5 Å². The number of fused-ring (bicyclic) bond motifs is 1. The zero-order valence-electron chi connectivity index (χ0n) is 17.1. The highest BCUT2D eigenvalue weighted by molar-refractivity contribution is 5.93. The van der Waals surface area contributed by atoms with E-state index >= 15 is 0 Å². The van der Waals surface area contributed by atoms with Gasteiger partial charge in [0.15, 0.2) is 17.5 Å². The molecule has 0 spiro atoms. The number of rotatable bonds is 8. The molecule has 160 valence electrons. The summed E-state index contributed by atoms with van der Waals surface area (Å²) in [6, 6.07) is 11.5. The van der Waals surface area contributed by atoms with E-state index in [0.29, 0.717) is 35.2 Å². The summed E-state index contributed by atoms with van der Waals surface area (Å²) in [5.41, 5.74) is 7.11. The summed E-state index contributed by atoms with van der Waals surface area (Å²) in [7, 11) is 0. The van der Waals surface area contributed by atoms with Gasteiger partial charge in [-0.1, -0.05) is 6.07 Å². The molecule has 0 saturated carbocycles. The molecule has 3 rings (SSSR count). The van der Waals surface area contributed by atoms with Crippen LogP contribution in [0.3, 0.4) is 0 Å². The van der Waals surface area contributed by atoms with E-state index in [1.807, 2.05) is 39.0 Å². The Morgan fingerprint density at radius 2 is 1.93 bits per heavy atom. The highest BCUT2D eigenvalue weighted by Crippen LogP contribution is 2.33. The molecule has 30 heavy (non-hydrogen) atoms. The number of aromatic nitrogens is 1. The van der Waals surface area contributed by atoms with Crippen LogP contribution in [0.15, 0.2) is 48.7 Å². The number of carboxylic acid groups (broad SMARTS) is 1. The SMILES string of the molecule is CCOc1cc(C(Nc2ccc3c(N)nccc3c2)C(=O)O)ccc1OC(C)C.Cl. The van der Waals surface area contributed by atoms with E-state index < -0.39 is 12.0 Å². The number of ether oxygens (including phenoxy) is 2. The maximum Gasteiger partial charge on any atom is 0.330 e. The van der Waals surface area contributed by atoms with Crippen LogP contribution in [0.1, 0.15) is 32.4 Å². The molecule has 0 aliphatic carbocycles. The van der Waals surface area contributed by atoms with Crippen molar-refractivity contribution < 1.29 is 19.4 Å². The van der Waals surface area contributed by atoms with Crippen LogP contribution in [-0.2, 0) is 4.79 Å². The average Bonchev–Trinajstić information content (AvgIpc) is 2.67. The van der Waals surface area contributed by atoms with Gasteiger partial charge in [-0.05, 0) is 68.1 Å². The lowest BCUT2D eigenvalue weighted by atomic mass is 10.0. The van der Waals surface area contributed by atoms with Gasteiger partial charge in [-0.3, -0.25) is 0 Å². The Balaban J connectivity index is 0.00000320. The molecule has 8 heteroatoms. The number of nitrogens with zero attached hydrogens (tertiary/aromatic N) is 1. The summed E-state index contributed by atoms with van der Waals surface area (Å²) < 4.78 is 11.4. The Morgan fingerprint density at radius 1 is 1.17 bits per heavy atom. The Hall–Kier alpha value is -3.19. The van der Waals surface area contributed by atoms with Crippen LogP contribution in [0.25, 0.3) is 10.8 Å². The Morgan fingerprint density at radius 3 is 2.60 bits per heavy atom. The van der Waals surface area contributed by atoms with Crippen molar-refractivity contribution in [1.29, 1.82) is 0 Å². The van der Waals surface area contributed by atoms with Gasteiger partial charge < -0.3 is 25.6 Å². The number of nitrogens with one attached hydrogen (secondary N) is 1. The number of halogens is 1. The first-order valence-electron chi connectivity index (χ1n) is 9.46. The lowest BCUT2D eigenvalue weighted by Crippen LogP contribution is -2.20. The van der Waals surface area contributed by atoms with Crippen LogP contribution >= 0.6 is 12.4 Å². The van der Waals surface area contributed by atoms with Crippen molar-refractivity contribution in [2.75, 3.05) is 17.7 Å². The number of carbonyl (C=O) groups is 1. The van der Waals surface area contributed by atoms with Gasteiger partial charge in [-0.25, -0.2) is 9.78 Å². The molecule has 0 radical (unpaired) electrons. The minimum absolute atomic E-state index is 0. The summed E-state index contributed by atoms with van der Waals surface area (Å²) in [6.07, 6.45) is 1.60. The highest BCUT2D eigenvalue weighted by atomic mass is 35.5. The second kappa shape index (κ2) is 10.0. The van der Waals surface area contributed by atoms with Crippen molar-refractivity contribution in [3.05, 3.63) is 54.2 Å². The molecule has 0 bridgehead atoms. The maximum atomic E-state index is 12.0. The number of hydrogen-bond acceptors (Lipinski definition) is 6. The van der Waals surface area contributed by atoms with Gasteiger partial charge in [-0.15, -0.1) is 12.4 Å².